The maximum absolute atomic E-state index is 12.4. The molecule has 1 aliphatic heterocycles. The average Bonchev–Trinajstić information content (AvgIpc) is 2.40. The van der Waals surface area contributed by atoms with Crippen LogP contribution < -0.4 is 0 Å². The van der Waals surface area contributed by atoms with Gasteiger partial charge in [0.15, 0.2) is 0 Å². The van der Waals surface area contributed by atoms with Crippen LogP contribution in [-0.2, 0) is 16.0 Å². The summed E-state index contributed by atoms with van der Waals surface area (Å²) in [6.07, 6.45) is 1.98. The third-order valence-corrected chi connectivity index (χ3v) is 4.31. The van der Waals surface area contributed by atoms with Gasteiger partial charge in [0.25, 0.3) is 0 Å². The van der Waals surface area contributed by atoms with E-state index in [1.54, 1.807) is 0 Å². The molecule has 1 heterocycles. The Hall–Kier alpha value is -1.84. The molecule has 1 saturated heterocycles. The van der Waals surface area contributed by atoms with Crippen molar-refractivity contribution in [1.29, 1.82) is 0 Å². The number of amides is 1. The Morgan fingerprint density at radius 3 is 2.47 bits per heavy atom. The highest BCUT2D eigenvalue weighted by molar-refractivity contribution is 5.87. The summed E-state index contributed by atoms with van der Waals surface area (Å²) >= 11 is 0. The molecule has 3 rings (SSSR count). The molecule has 1 aromatic carbocycles. The van der Waals surface area contributed by atoms with E-state index in [0.717, 1.165) is 12.0 Å². The van der Waals surface area contributed by atoms with Crippen LogP contribution in [0.15, 0.2) is 24.3 Å². The topological polar surface area (TPSA) is 57.6 Å². The number of fused-ring (bicyclic) bond motifs is 1. The lowest BCUT2D eigenvalue weighted by molar-refractivity contribution is -0.146. The summed E-state index contributed by atoms with van der Waals surface area (Å²) in [7, 11) is 0. The molecule has 0 bridgehead atoms. The Morgan fingerprint density at radius 1 is 1.16 bits per heavy atom. The van der Waals surface area contributed by atoms with E-state index in [1.165, 1.54) is 5.56 Å². The highest BCUT2D eigenvalue weighted by Gasteiger charge is 2.36. The summed E-state index contributed by atoms with van der Waals surface area (Å²) < 4.78 is 0. The van der Waals surface area contributed by atoms with E-state index < -0.39 is 5.97 Å². The second kappa shape index (κ2) is 4.68. The number of hydrogen-bond acceptors (Lipinski definition) is 2. The smallest absolute Gasteiger partial charge is 0.306 e. The number of carbonyl (C=O) groups is 2. The van der Waals surface area contributed by atoms with Crippen LogP contribution in [0.3, 0.4) is 0 Å². The predicted molar refractivity (Wildman–Crippen MR) is 69.8 cm³/mol. The number of rotatable bonds is 2. The summed E-state index contributed by atoms with van der Waals surface area (Å²) in [6, 6.07) is 8.05. The minimum absolute atomic E-state index is 0.00224. The molecular weight excluding hydrogens is 242 g/mol. The lowest BCUT2D eigenvalue weighted by Gasteiger charge is -2.37. The van der Waals surface area contributed by atoms with Crippen LogP contribution in [0.1, 0.15) is 29.9 Å². The molecule has 1 aromatic rings. The molecule has 100 valence electrons. The number of carboxylic acid groups (broad SMARTS) is 1. The van der Waals surface area contributed by atoms with E-state index in [4.69, 9.17) is 5.11 Å². The van der Waals surface area contributed by atoms with Crippen molar-refractivity contribution in [2.75, 3.05) is 13.1 Å². The van der Waals surface area contributed by atoms with Gasteiger partial charge >= 0.3 is 5.97 Å². The van der Waals surface area contributed by atoms with Gasteiger partial charge in [0, 0.05) is 13.1 Å². The first-order chi connectivity index (χ1) is 9.16. The lowest BCUT2D eigenvalue weighted by atomic mass is 9.76. The Balaban J connectivity index is 1.63. The minimum Gasteiger partial charge on any atom is -0.481 e. The van der Waals surface area contributed by atoms with Gasteiger partial charge in [0.1, 0.15) is 0 Å². The van der Waals surface area contributed by atoms with Crippen molar-refractivity contribution in [1.82, 2.24) is 4.90 Å². The zero-order chi connectivity index (χ0) is 13.4. The molecule has 0 spiro atoms. The molecule has 1 aliphatic carbocycles. The van der Waals surface area contributed by atoms with Crippen molar-refractivity contribution in [3.8, 4) is 0 Å². The largest absolute Gasteiger partial charge is 0.481 e. The molecule has 2 aliphatic rings. The fraction of sp³-hybridized carbons (Fsp3) is 0.467. The van der Waals surface area contributed by atoms with Gasteiger partial charge in [-0.15, -0.1) is 0 Å². The summed E-state index contributed by atoms with van der Waals surface area (Å²) in [5.41, 5.74) is 2.41. The molecule has 1 fully saturated rings. The van der Waals surface area contributed by atoms with E-state index >= 15 is 0 Å². The van der Waals surface area contributed by atoms with Crippen LogP contribution in [0.25, 0.3) is 0 Å². The van der Waals surface area contributed by atoms with Gasteiger partial charge in [-0.1, -0.05) is 24.3 Å². The summed E-state index contributed by atoms with van der Waals surface area (Å²) in [5.74, 6) is -0.848. The van der Waals surface area contributed by atoms with E-state index in [0.29, 0.717) is 25.9 Å². The molecule has 0 aromatic heterocycles. The number of carbonyl (C=O) groups excluding carboxylic acids is 1. The van der Waals surface area contributed by atoms with Gasteiger partial charge in [0.2, 0.25) is 5.91 Å². The van der Waals surface area contributed by atoms with Gasteiger partial charge in [-0.25, -0.2) is 0 Å². The number of piperidine rings is 1. The summed E-state index contributed by atoms with van der Waals surface area (Å²) in [5, 5.41) is 8.96. The molecule has 1 amide bonds. The zero-order valence-corrected chi connectivity index (χ0v) is 10.7. The number of likely N-dealkylation sites (tertiary alicyclic amines) is 1. The van der Waals surface area contributed by atoms with Crippen molar-refractivity contribution in [2.45, 2.75) is 25.2 Å². The maximum atomic E-state index is 12.4. The third-order valence-electron chi connectivity index (χ3n) is 4.31. The van der Waals surface area contributed by atoms with Crippen LogP contribution in [0.2, 0.25) is 0 Å². The van der Waals surface area contributed by atoms with Crippen molar-refractivity contribution in [2.24, 2.45) is 5.92 Å². The van der Waals surface area contributed by atoms with E-state index in [-0.39, 0.29) is 17.7 Å². The molecule has 1 N–H and O–H groups in total. The van der Waals surface area contributed by atoms with E-state index in [1.807, 2.05) is 23.1 Å². The van der Waals surface area contributed by atoms with Crippen LogP contribution in [0.4, 0.5) is 0 Å². The van der Waals surface area contributed by atoms with E-state index in [9.17, 15) is 9.59 Å². The first kappa shape index (κ1) is 12.2. The van der Waals surface area contributed by atoms with Crippen molar-refractivity contribution < 1.29 is 14.7 Å². The molecule has 19 heavy (non-hydrogen) atoms. The zero-order valence-electron chi connectivity index (χ0n) is 10.7. The summed E-state index contributed by atoms with van der Waals surface area (Å²) in [6.45, 7) is 1.16. The number of nitrogens with zero attached hydrogens (tertiary/aromatic N) is 1. The Labute approximate surface area is 112 Å². The summed E-state index contributed by atoms with van der Waals surface area (Å²) in [4.78, 5) is 25.1. The fourth-order valence-corrected chi connectivity index (χ4v) is 3.05. The molecule has 1 unspecified atom stereocenters. The lowest BCUT2D eigenvalue weighted by Crippen LogP contribution is -2.44. The standard InChI is InChI=1S/C15H17NO3/c17-14(13-9-11-3-1-2-4-12(11)13)16-7-5-10(6-8-16)15(18)19/h1-4,10,13H,5-9H2,(H,18,19). The highest BCUT2D eigenvalue weighted by Crippen LogP contribution is 2.36. The Bertz CT molecular complexity index is 518. The Kier molecular flexibility index (Phi) is 3.01. The van der Waals surface area contributed by atoms with Crippen molar-refractivity contribution >= 4 is 11.9 Å². The third kappa shape index (κ3) is 2.11. The molecular formula is C15H17NO3. The minimum atomic E-state index is -0.735. The SMILES string of the molecule is O=C(O)C1CCN(C(=O)C2Cc3ccccc32)CC1. The normalized spacial score (nSPS) is 22.5. The molecule has 0 saturated carbocycles. The number of carboxylic acids is 1. The van der Waals surface area contributed by atoms with Crippen molar-refractivity contribution in [3.63, 3.8) is 0 Å². The average molecular weight is 259 g/mol. The molecule has 1 atom stereocenters. The van der Waals surface area contributed by atoms with Crippen LogP contribution in [-0.4, -0.2) is 35.0 Å². The van der Waals surface area contributed by atoms with Gasteiger partial charge < -0.3 is 10.0 Å². The van der Waals surface area contributed by atoms with Crippen LogP contribution in [0, 0.1) is 5.92 Å². The second-order valence-electron chi connectivity index (χ2n) is 5.39. The molecule has 0 radical (unpaired) electrons. The van der Waals surface area contributed by atoms with E-state index in [2.05, 4.69) is 6.07 Å². The first-order valence-electron chi connectivity index (χ1n) is 6.76. The Morgan fingerprint density at radius 2 is 1.84 bits per heavy atom. The van der Waals surface area contributed by atoms with Crippen molar-refractivity contribution in [3.05, 3.63) is 35.4 Å². The van der Waals surface area contributed by atoms with Crippen LogP contribution in [0.5, 0.6) is 0 Å². The number of benzene rings is 1. The van der Waals surface area contributed by atoms with Gasteiger partial charge in [0.05, 0.1) is 11.8 Å². The van der Waals surface area contributed by atoms with Crippen LogP contribution >= 0.6 is 0 Å². The molecule has 4 nitrogen and oxygen atoms in total. The molecule has 4 heteroatoms. The fourth-order valence-electron chi connectivity index (χ4n) is 3.05. The van der Waals surface area contributed by atoms with Gasteiger partial charge in [-0.2, -0.15) is 0 Å². The van der Waals surface area contributed by atoms with Gasteiger partial charge in [-0.05, 0) is 30.4 Å². The first-order valence-corrected chi connectivity index (χ1v) is 6.76. The number of hydrogen-bond donors (Lipinski definition) is 1. The van der Waals surface area contributed by atoms with Gasteiger partial charge in [-0.3, -0.25) is 9.59 Å². The second-order valence-corrected chi connectivity index (χ2v) is 5.39. The number of aliphatic carboxylic acids is 1. The monoisotopic (exact) mass is 259 g/mol. The predicted octanol–water partition coefficient (Wildman–Crippen LogP) is 1.65. The quantitative estimate of drug-likeness (QED) is 0.878. The highest BCUT2D eigenvalue weighted by atomic mass is 16.4. The maximum Gasteiger partial charge on any atom is 0.306 e.